The number of pyridine rings is 1. The molecule has 3 nitrogen and oxygen atoms in total. The number of halogens is 3. The molecule has 1 aromatic carbocycles. The molecule has 142 valence electrons. The summed E-state index contributed by atoms with van der Waals surface area (Å²) in [6, 6.07) is 6.27. The predicted molar refractivity (Wildman–Crippen MR) is 97.0 cm³/mol. The number of benzene rings is 1. The number of phenols is 1. The molecule has 0 atom stereocenters. The van der Waals surface area contributed by atoms with E-state index in [9.17, 15) is 18.3 Å². The van der Waals surface area contributed by atoms with Crippen LogP contribution in [0, 0.1) is 0 Å². The third-order valence-corrected chi connectivity index (χ3v) is 4.12. The SMILES string of the molecule is CC(C)NCc1cc(C(C)(C)C)cc(-c2ccc(C(F)(F)F)nc2)c1O. The van der Waals surface area contributed by atoms with Crippen LogP contribution in [0.15, 0.2) is 30.5 Å². The molecule has 0 spiro atoms. The molecule has 0 amide bonds. The highest BCUT2D eigenvalue weighted by molar-refractivity contribution is 5.72. The summed E-state index contributed by atoms with van der Waals surface area (Å²) in [5.41, 5.74) is 1.52. The molecule has 2 rings (SSSR count). The first kappa shape index (κ1) is 20.2. The van der Waals surface area contributed by atoms with Gasteiger partial charge in [0.15, 0.2) is 0 Å². The predicted octanol–water partition coefficient (Wildman–Crippen LogP) is 5.27. The maximum atomic E-state index is 12.7. The second-order valence-corrected chi connectivity index (χ2v) is 7.75. The van der Waals surface area contributed by atoms with Gasteiger partial charge in [0.05, 0.1) is 0 Å². The Morgan fingerprint density at radius 1 is 1.12 bits per heavy atom. The lowest BCUT2D eigenvalue weighted by Crippen LogP contribution is -2.22. The number of aromatic nitrogens is 1. The Kier molecular flexibility index (Phi) is 5.66. The van der Waals surface area contributed by atoms with Crippen LogP contribution in [0.1, 0.15) is 51.4 Å². The zero-order chi connectivity index (χ0) is 19.7. The van der Waals surface area contributed by atoms with Crippen LogP contribution >= 0.6 is 0 Å². The van der Waals surface area contributed by atoms with E-state index in [0.29, 0.717) is 23.2 Å². The average Bonchev–Trinajstić information content (AvgIpc) is 2.52. The van der Waals surface area contributed by atoms with Gasteiger partial charge in [0.25, 0.3) is 0 Å². The topological polar surface area (TPSA) is 45.2 Å². The molecule has 0 bridgehead atoms. The van der Waals surface area contributed by atoms with Crippen molar-refractivity contribution in [2.24, 2.45) is 0 Å². The van der Waals surface area contributed by atoms with E-state index in [0.717, 1.165) is 17.8 Å². The van der Waals surface area contributed by atoms with Gasteiger partial charge in [-0.05, 0) is 23.1 Å². The monoisotopic (exact) mass is 366 g/mol. The normalized spacial score (nSPS) is 12.7. The van der Waals surface area contributed by atoms with Crippen molar-refractivity contribution in [3.8, 4) is 16.9 Å². The van der Waals surface area contributed by atoms with Crippen LogP contribution in [-0.2, 0) is 18.1 Å². The van der Waals surface area contributed by atoms with Gasteiger partial charge in [-0.2, -0.15) is 13.2 Å². The number of rotatable bonds is 4. The molecule has 0 aliphatic carbocycles. The fourth-order valence-corrected chi connectivity index (χ4v) is 2.52. The molecule has 0 radical (unpaired) electrons. The van der Waals surface area contributed by atoms with E-state index in [2.05, 4.69) is 10.3 Å². The number of nitrogens with zero attached hydrogens (tertiary/aromatic N) is 1. The molecule has 0 aliphatic heterocycles. The summed E-state index contributed by atoms with van der Waals surface area (Å²) in [4.78, 5) is 3.51. The second kappa shape index (κ2) is 7.27. The first-order valence-corrected chi connectivity index (χ1v) is 8.53. The van der Waals surface area contributed by atoms with Gasteiger partial charge in [-0.25, -0.2) is 0 Å². The van der Waals surface area contributed by atoms with Crippen molar-refractivity contribution in [2.45, 2.75) is 58.8 Å². The van der Waals surface area contributed by atoms with Crippen LogP contribution in [0.5, 0.6) is 5.75 Å². The largest absolute Gasteiger partial charge is 0.507 e. The second-order valence-electron chi connectivity index (χ2n) is 7.75. The van der Waals surface area contributed by atoms with Gasteiger partial charge in [0.1, 0.15) is 11.4 Å². The van der Waals surface area contributed by atoms with Gasteiger partial charge >= 0.3 is 6.18 Å². The lowest BCUT2D eigenvalue weighted by molar-refractivity contribution is -0.141. The Bertz CT molecular complexity index is 760. The number of alkyl halides is 3. The summed E-state index contributed by atoms with van der Waals surface area (Å²) in [5.74, 6) is 0.0627. The van der Waals surface area contributed by atoms with E-state index < -0.39 is 11.9 Å². The van der Waals surface area contributed by atoms with Crippen LogP contribution in [0.3, 0.4) is 0 Å². The minimum absolute atomic E-state index is 0.0627. The Balaban J connectivity index is 2.54. The molecule has 2 aromatic rings. The van der Waals surface area contributed by atoms with Crippen molar-refractivity contribution < 1.29 is 18.3 Å². The highest BCUT2D eigenvalue weighted by Gasteiger charge is 2.32. The lowest BCUT2D eigenvalue weighted by Gasteiger charge is -2.23. The molecule has 0 unspecified atom stereocenters. The summed E-state index contributed by atoms with van der Waals surface area (Å²) in [5, 5.41) is 13.9. The fraction of sp³-hybridized carbons (Fsp3) is 0.450. The Labute approximate surface area is 152 Å². The molecule has 2 N–H and O–H groups in total. The molecule has 26 heavy (non-hydrogen) atoms. The van der Waals surface area contributed by atoms with Crippen LogP contribution in [-0.4, -0.2) is 16.1 Å². The van der Waals surface area contributed by atoms with Gasteiger partial charge in [0, 0.05) is 35.5 Å². The quantitative estimate of drug-likeness (QED) is 0.775. The summed E-state index contributed by atoms with van der Waals surface area (Å²) in [6.07, 6.45) is -3.33. The Morgan fingerprint density at radius 3 is 2.23 bits per heavy atom. The zero-order valence-corrected chi connectivity index (χ0v) is 15.7. The van der Waals surface area contributed by atoms with Crippen LogP contribution in [0.2, 0.25) is 0 Å². The van der Waals surface area contributed by atoms with Gasteiger partial charge in [-0.3, -0.25) is 4.98 Å². The average molecular weight is 366 g/mol. The number of hydrogen-bond acceptors (Lipinski definition) is 3. The maximum Gasteiger partial charge on any atom is 0.433 e. The van der Waals surface area contributed by atoms with Gasteiger partial charge in [-0.15, -0.1) is 0 Å². The van der Waals surface area contributed by atoms with Crippen molar-refractivity contribution in [1.29, 1.82) is 0 Å². The van der Waals surface area contributed by atoms with E-state index in [1.807, 2.05) is 46.8 Å². The minimum atomic E-state index is -4.49. The number of aromatic hydroxyl groups is 1. The zero-order valence-electron chi connectivity index (χ0n) is 15.7. The smallest absolute Gasteiger partial charge is 0.433 e. The number of nitrogens with one attached hydrogen (secondary N) is 1. The van der Waals surface area contributed by atoms with Crippen molar-refractivity contribution in [1.82, 2.24) is 10.3 Å². The number of hydrogen-bond donors (Lipinski definition) is 2. The van der Waals surface area contributed by atoms with Crippen molar-refractivity contribution in [2.75, 3.05) is 0 Å². The van der Waals surface area contributed by atoms with E-state index in [4.69, 9.17) is 0 Å². The van der Waals surface area contributed by atoms with Gasteiger partial charge in [-0.1, -0.05) is 46.8 Å². The Hall–Kier alpha value is -2.08. The molecule has 0 aliphatic rings. The van der Waals surface area contributed by atoms with Crippen LogP contribution in [0.25, 0.3) is 11.1 Å². The van der Waals surface area contributed by atoms with Gasteiger partial charge in [0.2, 0.25) is 0 Å². The standard InChI is InChI=1S/C20H25F3N2O/c1-12(2)24-11-14-8-15(19(3,4)5)9-16(18(14)26)13-6-7-17(25-10-13)20(21,22)23/h6-10,12,24,26H,11H2,1-5H3. The summed E-state index contributed by atoms with van der Waals surface area (Å²) < 4.78 is 38.2. The first-order chi connectivity index (χ1) is 11.9. The van der Waals surface area contributed by atoms with E-state index in [1.165, 1.54) is 6.07 Å². The fourth-order valence-electron chi connectivity index (χ4n) is 2.52. The summed E-state index contributed by atoms with van der Waals surface area (Å²) >= 11 is 0. The molecule has 6 heteroatoms. The molecular formula is C20H25F3N2O. The van der Waals surface area contributed by atoms with Crippen LogP contribution < -0.4 is 5.32 Å². The first-order valence-electron chi connectivity index (χ1n) is 8.53. The Morgan fingerprint density at radius 2 is 1.77 bits per heavy atom. The summed E-state index contributed by atoms with van der Waals surface area (Å²) in [7, 11) is 0. The van der Waals surface area contributed by atoms with Crippen molar-refractivity contribution in [3.05, 3.63) is 47.3 Å². The van der Waals surface area contributed by atoms with E-state index in [-0.39, 0.29) is 17.2 Å². The van der Waals surface area contributed by atoms with Crippen molar-refractivity contribution in [3.63, 3.8) is 0 Å². The third-order valence-electron chi connectivity index (χ3n) is 4.12. The third kappa shape index (κ3) is 4.75. The minimum Gasteiger partial charge on any atom is -0.507 e. The highest BCUT2D eigenvalue weighted by Crippen LogP contribution is 2.38. The molecule has 1 aromatic heterocycles. The molecule has 0 saturated carbocycles. The van der Waals surface area contributed by atoms with Crippen LogP contribution in [0.4, 0.5) is 13.2 Å². The molecular weight excluding hydrogens is 341 g/mol. The van der Waals surface area contributed by atoms with E-state index in [1.54, 1.807) is 0 Å². The van der Waals surface area contributed by atoms with Crippen molar-refractivity contribution >= 4 is 0 Å². The number of phenolic OH excluding ortho intramolecular Hbond substituents is 1. The lowest BCUT2D eigenvalue weighted by atomic mass is 9.83. The molecule has 1 heterocycles. The van der Waals surface area contributed by atoms with Gasteiger partial charge < -0.3 is 10.4 Å². The maximum absolute atomic E-state index is 12.7. The molecule has 0 saturated heterocycles. The summed E-state index contributed by atoms with van der Waals surface area (Å²) in [6.45, 7) is 10.6. The van der Waals surface area contributed by atoms with E-state index >= 15 is 0 Å². The molecule has 0 fully saturated rings. The highest BCUT2D eigenvalue weighted by atomic mass is 19.4.